The molecule has 0 saturated heterocycles. The van der Waals surface area contributed by atoms with Gasteiger partial charge in [-0.2, -0.15) is 18.3 Å². The van der Waals surface area contributed by atoms with E-state index in [0.717, 1.165) is 0 Å². The minimum atomic E-state index is -4.40. The number of halogens is 3. The molecule has 0 aliphatic rings. The maximum absolute atomic E-state index is 11.7. The lowest BCUT2D eigenvalue weighted by Gasteiger charge is -2.06. The number of carbonyl (C=O) groups excluding carboxylic acids is 1. The summed E-state index contributed by atoms with van der Waals surface area (Å²) in [6, 6.07) is 1.34. The normalized spacial score (nSPS) is 10.4. The smallest absolute Gasteiger partial charge is 0.342 e. The number of carbonyl (C=O) groups is 1. The topological polar surface area (TPSA) is 46.9 Å². The van der Waals surface area contributed by atoms with Crippen LogP contribution in [0.5, 0.6) is 0 Å². The number of alkyl halides is 3. The van der Waals surface area contributed by atoms with Gasteiger partial charge in [0.1, 0.15) is 12.2 Å². The standard InChI is InChI=1S/C7H8F3N3O.C2H6/c1-13-3-2-5(12-13)6(14)11-4-7(8,9)10;1-2/h2-3H,4H2,1H3,(H,11,14);1-2H3. The highest BCUT2D eigenvalue weighted by molar-refractivity contribution is 5.92. The van der Waals surface area contributed by atoms with Gasteiger partial charge in [-0.25, -0.2) is 0 Å². The molecule has 0 aromatic carbocycles. The Morgan fingerprint density at radius 3 is 2.44 bits per heavy atom. The average Bonchev–Trinajstić information content (AvgIpc) is 2.63. The number of aromatic nitrogens is 2. The largest absolute Gasteiger partial charge is 0.405 e. The molecule has 7 heteroatoms. The molecule has 1 aromatic rings. The predicted octanol–water partition coefficient (Wildman–Crippen LogP) is 1.74. The Bertz CT molecular complexity index is 333. The van der Waals surface area contributed by atoms with Gasteiger partial charge in [0.05, 0.1) is 0 Å². The molecular weight excluding hydrogens is 223 g/mol. The average molecular weight is 237 g/mol. The molecule has 0 bridgehead atoms. The first-order valence-corrected chi connectivity index (χ1v) is 4.73. The Morgan fingerprint density at radius 2 is 2.06 bits per heavy atom. The van der Waals surface area contributed by atoms with Crippen molar-refractivity contribution in [3.8, 4) is 0 Å². The van der Waals surface area contributed by atoms with Crippen LogP contribution in [0, 0.1) is 0 Å². The Labute approximate surface area is 91.4 Å². The first kappa shape index (κ1) is 14.5. The van der Waals surface area contributed by atoms with Crippen molar-refractivity contribution < 1.29 is 18.0 Å². The van der Waals surface area contributed by atoms with Crippen molar-refractivity contribution in [1.82, 2.24) is 15.1 Å². The van der Waals surface area contributed by atoms with Gasteiger partial charge >= 0.3 is 6.18 Å². The van der Waals surface area contributed by atoms with Crippen LogP contribution in [-0.2, 0) is 7.05 Å². The zero-order valence-electron chi connectivity index (χ0n) is 9.30. The Hall–Kier alpha value is -1.53. The van der Waals surface area contributed by atoms with Gasteiger partial charge in [0, 0.05) is 13.2 Å². The first-order chi connectivity index (χ1) is 7.38. The number of hydrogen-bond acceptors (Lipinski definition) is 2. The zero-order chi connectivity index (χ0) is 12.8. The fourth-order valence-corrected chi connectivity index (χ4v) is 0.807. The molecule has 1 N–H and O–H groups in total. The third-order valence-electron chi connectivity index (χ3n) is 1.40. The lowest BCUT2D eigenvalue weighted by molar-refractivity contribution is -0.123. The summed E-state index contributed by atoms with van der Waals surface area (Å²) in [4.78, 5) is 11.0. The van der Waals surface area contributed by atoms with Crippen molar-refractivity contribution in [1.29, 1.82) is 0 Å². The van der Waals surface area contributed by atoms with Crippen LogP contribution >= 0.6 is 0 Å². The third-order valence-corrected chi connectivity index (χ3v) is 1.40. The third kappa shape index (κ3) is 5.38. The Balaban J connectivity index is 0.00000106. The molecule has 1 rings (SSSR count). The van der Waals surface area contributed by atoms with Gasteiger partial charge in [-0.15, -0.1) is 0 Å². The number of amides is 1. The highest BCUT2D eigenvalue weighted by Gasteiger charge is 2.28. The van der Waals surface area contributed by atoms with Crippen LogP contribution in [0.2, 0.25) is 0 Å². The summed E-state index contributed by atoms with van der Waals surface area (Å²) in [6.45, 7) is 2.66. The van der Waals surface area contributed by atoms with E-state index in [1.807, 2.05) is 13.8 Å². The summed E-state index contributed by atoms with van der Waals surface area (Å²) in [7, 11) is 1.57. The molecule has 1 aromatic heterocycles. The van der Waals surface area contributed by atoms with Crippen LogP contribution in [0.15, 0.2) is 12.3 Å². The van der Waals surface area contributed by atoms with E-state index in [1.165, 1.54) is 16.9 Å². The molecule has 0 aliphatic carbocycles. The monoisotopic (exact) mass is 237 g/mol. The van der Waals surface area contributed by atoms with E-state index >= 15 is 0 Å². The molecule has 0 aliphatic heterocycles. The number of nitrogens with zero attached hydrogens (tertiary/aromatic N) is 2. The number of nitrogens with one attached hydrogen (secondary N) is 1. The molecule has 0 spiro atoms. The van der Waals surface area contributed by atoms with Crippen LogP contribution in [0.4, 0.5) is 13.2 Å². The first-order valence-electron chi connectivity index (χ1n) is 4.73. The number of aryl methyl sites for hydroxylation is 1. The molecular formula is C9H14F3N3O. The summed E-state index contributed by atoms with van der Waals surface area (Å²) in [5.41, 5.74) is -0.0308. The highest BCUT2D eigenvalue weighted by Crippen LogP contribution is 2.12. The van der Waals surface area contributed by atoms with E-state index in [2.05, 4.69) is 5.10 Å². The maximum atomic E-state index is 11.7. The van der Waals surface area contributed by atoms with Gasteiger partial charge < -0.3 is 5.32 Å². The highest BCUT2D eigenvalue weighted by atomic mass is 19.4. The molecule has 16 heavy (non-hydrogen) atoms. The quantitative estimate of drug-likeness (QED) is 0.851. The summed E-state index contributed by atoms with van der Waals surface area (Å²) in [6.07, 6.45) is -2.92. The van der Waals surface area contributed by atoms with Crippen molar-refractivity contribution in [2.75, 3.05) is 6.54 Å². The number of rotatable bonds is 2. The zero-order valence-corrected chi connectivity index (χ0v) is 9.30. The second-order valence-corrected chi connectivity index (χ2v) is 2.67. The SMILES string of the molecule is CC.Cn1ccc(C(=O)NCC(F)(F)F)n1. The van der Waals surface area contributed by atoms with Gasteiger partial charge in [-0.05, 0) is 6.07 Å². The molecule has 0 radical (unpaired) electrons. The Morgan fingerprint density at radius 1 is 1.50 bits per heavy atom. The molecule has 1 heterocycles. The van der Waals surface area contributed by atoms with Gasteiger partial charge in [-0.1, -0.05) is 13.8 Å². The van der Waals surface area contributed by atoms with E-state index in [4.69, 9.17) is 0 Å². The van der Waals surface area contributed by atoms with Crippen LogP contribution in [0.1, 0.15) is 24.3 Å². The van der Waals surface area contributed by atoms with Gasteiger partial charge in [0.2, 0.25) is 0 Å². The lowest BCUT2D eigenvalue weighted by atomic mass is 10.4. The minimum absolute atomic E-state index is 0.0308. The van der Waals surface area contributed by atoms with E-state index in [9.17, 15) is 18.0 Å². The second kappa shape index (κ2) is 6.14. The minimum Gasteiger partial charge on any atom is -0.342 e. The molecule has 0 fully saturated rings. The summed E-state index contributed by atoms with van der Waals surface area (Å²) in [5.74, 6) is -0.831. The molecule has 92 valence electrons. The fourth-order valence-electron chi connectivity index (χ4n) is 0.807. The predicted molar refractivity (Wildman–Crippen MR) is 52.9 cm³/mol. The number of hydrogen-bond donors (Lipinski definition) is 1. The molecule has 4 nitrogen and oxygen atoms in total. The Kier molecular flexibility index (Phi) is 5.55. The molecule has 0 atom stereocenters. The van der Waals surface area contributed by atoms with Crippen molar-refractivity contribution in [3.63, 3.8) is 0 Å². The van der Waals surface area contributed by atoms with Gasteiger partial charge in [0.25, 0.3) is 5.91 Å². The van der Waals surface area contributed by atoms with E-state index in [-0.39, 0.29) is 5.69 Å². The van der Waals surface area contributed by atoms with Crippen LogP contribution in [-0.4, -0.2) is 28.4 Å². The van der Waals surface area contributed by atoms with E-state index < -0.39 is 18.6 Å². The summed E-state index contributed by atoms with van der Waals surface area (Å²) < 4.78 is 36.4. The molecule has 0 saturated carbocycles. The fraction of sp³-hybridized carbons (Fsp3) is 0.556. The second-order valence-electron chi connectivity index (χ2n) is 2.67. The van der Waals surface area contributed by atoms with E-state index in [1.54, 1.807) is 12.4 Å². The lowest BCUT2D eigenvalue weighted by Crippen LogP contribution is -2.33. The van der Waals surface area contributed by atoms with Crippen LogP contribution < -0.4 is 5.32 Å². The molecule has 1 amide bonds. The van der Waals surface area contributed by atoms with Crippen LogP contribution in [0.3, 0.4) is 0 Å². The van der Waals surface area contributed by atoms with Gasteiger partial charge in [-0.3, -0.25) is 9.48 Å². The van der Waals surface area contributed by atoms with Gasteiger partial charge in [0.15, 0.2) is 0 Å². The van der Waals surface area contributed by atoms with Crippen molar-refractivity contribution in [2.45, 2.75) is 20.0 Å². The van der Waals surface area contributed by atoms with E-state index in [0.29, 0.717) is 0 Å². The molecule has 0 unspecified atom stereocenters. The summed E-state index contributed by atoms with van der Waals surface area (Å²) in [5, 5.41) is 5.36. The van der Waals surface area contributed by atoms with Crippen molar-refractivity contribution in [2.24, 2.45) is 7.05 Å². The van der Waals surface area contributed by atoms with Crippen molar-refractivity contribution in [3.05, 3.63) is 18.0 Å². The summed E-state index contributed by atoms with van der Waals surface area (Å²) >= 11 is 0. The van der Waals surface area contributed by atoms with Crippen LogP contribution in [0.25, 0.3) is 0 Å². The maximum Gasteiger partial charge on any atom is 0.405 e. The van der Waals surface area contributed by atoms with Crippen molar-refractivity contribution >= 4 is 5.91 Å².